The van der Waals surface area contributed by atoms with E-state index in [2.05, 4.69) is 21.3 Å². The molecule has 0 aromatic heterocycles. The van der Waals surface area contributed by atoms with Crippen LogP contribution in [-0.4, -0.2) is 95.9 Å². The maximum Gasteiger partial charge on any atom is 0.291 e. The van der Waals surface area contributed by atoms with Gasteiger partial charge in [-0.1, -0.05) is 100 Å². The summed E-state index contributed by atoms with van der Waals surface area (Å²) in [6.45, 7) is 10.1. The Morgan fingerprint density at radius 3 is 1.43 bits per heavy atom. The van der Waals surface area contributed by atoms with Crippen LogP contribution in [0.25, 0.3) is 34.4 Å². The lowest BCUT2D eigenvalue weighted by Gasteiger charge is -2.32. The summed E-state index contributed by atoms with van der Waals surface area (Å²) in [6.07, 6.45) is 6.10. The van der Waals surface area contributed by atoms with Crippen molar-refractivity contribution < 1.29 is 29.0 Å². The third-order valence-electron chi connectivity index (χ3n) is 11.0. The minimum absolute atomic E-state index is 0.0446. The molecule has 0 saturated carbocycles. The van der Waals surface area contributed by atoms with Gasteiger partial charge < -0.3 is 20.4 Å². The van der Waals surface area contributed by atoms with Crippen LogP contribution in [0.2, 0.25) is 0 Å². The summed E-state index contributed by atoms with van der Waals surface area (Å²) in [7, 11) is 0. The molecular formula is C46H50N8O8S. The molecule has 4 N–H and O–H groups in total. The molecule has 2 heterocycles. The molecule has 17 heteroatoms. The number of nitro benzene ring substituents is 2. The fraction of sp³-hybridized carbons (Fsp3) is 0.304. The van der Waals surface area contributed by atoms with Crippen molar-refractivity contribution in [3.8, 4) is 22.3 Å². The van der Waals surface area contributed by atoms with E-state index in [1.165, 1.54) is 12.2 Å². The van der Waals surface area contributed by atoms with Gasteiger partial charge in [0.05, 0.1) is 56.2 Å². The first-order chi connectivity index (χ1) is 30.3. The van der Waals surface area contributed by atoms with E-state index in [9.17, 15) is 39.4 Å². The zero-order chi connectivity index (χ0) is 45.2. The maximum absolute atomic E-state index is 13.5. The van der Waals surface area contributed by atoms with E-state index >= 15 is 0 Å². The van der Waals surface area contributed by atoms with Crippen LogP contribution in [0, 0.1) is 20.2 Å². The Morgan fingerprint density at radius 2 is 1.06 bits per heavy atom. The van der Waals surface area contributed by atoms with Crippen molar-refractivity contribution in [1.82, 2.24) is 31.1 Å². The minimum atomic E-state index is -0.491. The Morgan fingerprint density at radius 1 is 0.667 bits per heavy atom. The number of hydrogen-bond donors (Lipinski definition) is 4. The van der Waals surface area contributed by atoms with Gasteiger partial charge in [-0.2, -0.15) is 0 Å². The first-order valence-corrected chi connectivity index (χ1v) is 21.4. The molecule has 0 radical (unpaired) electrons. The van der Waals surface area contributed by atoms with Crippen LogP contribution in [0.4, 0.5) is 11.4 Å². The first kappa shape index (κ1) is 45.8. The molecule has 328 valence electrons. The van der Waals surface area contributed by atoms with Gasteiger partial charge in [-0.3, -0.25) is 50.0 Å². The number of nitrogens with one attached hydrogen (secondary N) is 4. The summed E-state index contributed by atoms with van der Waals surface area (Å²) in [6, 6.07) is 21.1. The van der Waals surface area contributed by atoms with Crippen molar-refractivity contribution >= 4 is 59.9 Å². The van der Waals surface area contributed by atoms with Crippen LogP contribution in [-0.2, 0) is 19.2 Å². The Kier molecular flexibility index (Phi) is 15.2. The number of hydrogen-bond acceptors (Lipinski definition) is 11. The lowest BCUT2D eigenvalue weighted by Crippen LogP contribution is -2.57. The lowest BCUT2D eigenvalue weighted by molar-refractivity contribution is -0.387. The average Bonchev–Trinajstić information content (AvgIpc) is 3.27. The second-order valence-electron chi connectivity index (χ2n) is 15.7. The monoisotopic (exact) mass is 874 g/mol. The van der Waals surface area contributed by atoms with Crippen LogP contribution < -0.4 is 21.3 Å². The van der Waals surface area contributed by atoms with Gasteiger partial charge in [0.1, 0.15) is 0 Å². The van der Waals surface area contributed by atoms with Crippen molar-refractivity contribution in [2.75, 3.05) is 39.3 Å². The zero-order valence-electron chi connectivity index (χ0n) is 35.4. The van der Waals surface area contributed by atoms with Crippen LogP contribution >= 0.6 is 11.8 Å². The SMILES string of the molecule is CC(C)c1ccccc1-c1c(/C=C/C(=O)N2CCNC(NC=O)C2)ccc(Sc2ccc(/C=C/C(=O)N3CCNC(NC=O)C3)c(-c3ccccc3C(C)C)c2[N+](=O)[O-])c1[N+](=O)[O-]. The molecule has 0 spiro atoms. The molecule has 0 bridgehead atoms. The Bertz CT molecular complexity index is 2290. The third-order valence-corrected chi connectivity index (χ3v) is 12.1. The maximum atomic E-state index is 13.5. The van der Waals surface area contributed by atoms with Crippen molar-refractivity contribution in [3.63, 3.8) is 0 Å². The fourth-order valence-corrected chi connectivity index (χ4v) is 9.00. The molecule has 2 saturated heterocycles. The van der Waals surface area contributed by atoms with Gasteiger partial charge >= 0.3 is 0 Å². The van der Waals surface area contributed by atoms with E-state index in [1.54, 1.807) is 70.5 Å². The van der Waals surface area contributed by atoms with E-state index in [4.69, 9.17) is 0 Å². The van der Waals surface area contributed by atoms with Crippen LogP contribution in [0.15, 0.2) is 94.7 Å². The number of benzene rings is 4. The largest absolute Gasteiger partial charge is 0.342 e. The molecule has 6 rings (SSSR count). The van der Waals surface area contributed by atoms with Gasteiger partial charge in [0.2, 0.25) is 24.6 Å². The molecule has 2 aliphatic heterocycles. The summed E-state index contributed by atoms with van der Waals surface area (Å²) in [5, 5.41) is 38.3. The normalized spacial score (nSPS) is 16.7. The lowest BCUT2D eigenvalue weighted by atomic mass is 9.89. The van der Waals surface area contributed by atoms with Crippen molar-refractivity contribution in [1.29, 1.82) is 0 Å². The Hall–Kier alpha value is -6.69. The average molecular weight is 875 g/mol. The number of nitrogens with zero attached hydrogens (tertiary/aromatic N) is 4. The molecule has 0 aliphatic carbocycles. The molecular weight excluding hydrogens is 825 g/mol. The smallest absolute Gasteiger partial charge is 0.291 e. The van der Waals surface area contributed by atoms with E-state index in [0.29, 0.717) is 61.3 Å². The van der Waals surface area contributed by atoms with Gasteiger partial charge in [0, 0.05) is 38.3 Å². The quantitative estimate of drug-likeness (QED) is 0.0427. The number of piperazine rings is 2. The van der Waals surface area contributed by atoms with E-state index in [1.807, 2.05) is 52.0 Å². The van der Waals surface area contributed by atoms with E-state index < -0.39 is 22.2 Å². The summed E-state index contributed by atoms with van der Waals surface area (Å²) in [5.74, 6) is -0.772. The highest BCUT2D eigenvalue weighted by atomic mass is 32.2. The number of carbonyl (C=O) groups excluding carboxylic acids is 4. The minimum Gasteiger partial charge on any atom is -0.342 e. The van der Waals surface area contributed by atoms with Gasteiger partial charge in [0.25, 0.3) is 11.4 Å². The molecule has 2 atom stereocenters. The van der Waals surface area contributed by atoms with Crippen LogP contribution in [0.1, 0.15) is 61.8 Å². The zero-order valence-corrected chi connectivity index (χ0v) is 36.2. The highest BCUT2D eigenvalue weighted by Gasteiger charge is 2.32. The second-order valence-corrected chi connectivity index (χ2v) is 16.8. The van der Waals surface area contributed by atoms with Crippen molar-refractivity contribution in [2.24, 2.45) is 0 Å². The van der Waals surface area contributed by atoms with Crippen LogP contribution in [0.5, 0.6) is 0 Å². The van der Waals surface area contributed by atoms with E-state index in [0.717, 1.165) is 22.9 Å². The summed E-state index contributed by atoms with van der Waals surface area (Å²) < 4.78 is 0. The summed E-state index contributed by atoms with van der Waals surface area (Å²) in [4.78, 5) is 78.3. The Balaban J connectivity index is 1.50. The Labute approximate surface area is 369 Å². The standard InChI is InChI=1S/C46H50N8O8S/c1-29(2)33-9-5-7-11-35(33)43-31(15-19-41(57)51-23-21-47-39(25-51)49-27-55)13-17-37(45(43)53(59)60)63-38-18-14-32(16-20-42(58)52-24-22-48-40(26-52)50-28-56)44(46(38)54(61)62)36-12-8-6-10-34(36)30(3)4/h5-20,27-30,39-40,47-48H,21-26H2,1-4H3,(H,49,55)(H,50,56)/b19-15+,20-16+. The van der Waals surface area contributed by atoms with Gasteiger partial charge in [0.15, 0.2) is 0 Å². The third kappa shape index (κ3) is 10.7. The summed E-state index contributed by atoms with van der Waals surface area (Å²) in [5.41, 5.74) is 3.54. The van der Waals surface area contributed by atoms with Gasteiger partial charge in [-0.15, -0.1) is 0 Å². The van der Waals surface area contributed by atoms with Crippen molar-refractivity contribution in [3.05, 3.63) is 127 Å². The highest BCUT2D eigenvalue weighted by Crippen LogP contribution is 2.50. The highest BCUT2D eigenvalue weighted by molar-refractivity contribution is 7.99. The topological polar surface area (TPSA) is 209 Å². The molecule has 2 fully saturated rings. The molecule has 2 aliphatic rings. The van der Waals surface area contributed by atoms with Gasteiger partial charge in [-0.25, -0.2) is 0 Å². The number of rotatable bonds is 16. The molecule has 4 aromatic carbocycles. The number of nitro groups is 2. The predicted molar refractivity (Wildman–Crippen MR) is 243 cm³/mol. The molecule has 16 nitrogen and oxygen atoms in total. The first-order valence-electron chi connectivity index (χ1n) is 20.6. The fourth-order valence-electron chi connectivity index (χ4n) is 7.94. The molecule has 63 heavy (non-hydrogen) atoms. The molecule has 4 aromatic rings. The van der Waals surface area contributed by atoms with Crippen LogP contribution in [0.3, 0.4) is 0 Å². The van der Waals surface area contributed by atoms with Gasteiger partial charge in [-0.05, 0) is 69.5 Å². The molecule has 4 amide bonds. The predicted octanol–water partition coefficient (Wildman–Crippen LogP) is 6.27. The number of amides is 4. The van der Waals surface area contributed by atoms with E-state index in [-0.39, 0.29) is 69.0 Å². The second kappa shape index (κ2) is 20.9. The van der Waals surface area contributed by atoms with Crippen molar-refractivity contribution in [2.45, 2.75) is 61.7 Å². The summed E-state index contributed by atoms with van der Waals surface area (Å²) >= 11 is 0.898. The number of carbonyl (C=O) groups is 4. The molecule has 2 unspecified atom stereocenters.